The molecule has 188 valence electrons. The van der Waals surface area contributed by atoms with E-state index in [1.807, 2.05) is 36.6 Å². The third-order valence-corrected chi connectivity index (χ3v) is 6.57. The number of thioether (sulfide) groups is 1. The number of likely N-dealkylation sites (tertiary alicyclic amines) is 1. The molecule has 1 aromatic carbocycles. The maximum atomic E-state index is 13.2. The molecule has 10 heteroatoms. The van der Waals surface area contributed by atoms with Gasteiger partial charge in [0.2, 0.25) is 17.7 Å². The van der Waals surface area contributed by atoms with Gasteiger partial charge in [-0.05, 0) is 49.2 Å². The summed E-state index contributed by atoms with van der Waals surface area (Å²) in [6.45, 7) is 3.93. The quantitative estimate of drug-likeness (QED) is 0.341. The molecule has 2 rings (SSSR count). The Morgan fingerprint density at radius 2 is 1.82 bits per heavy atom. The number of carboxylic acid groups (broad SMARTS) is 1. The van der Waals surface area contributed by atoms with Gasteiger partial charge in [0.25, 0.3) is 0 Å². The highest BCUT2D eigenvalue weighted by molar-refractivity contribution is 7.98. The molecular formula is C24H36N4O5S. The molecule has 1 aliphatic rings. The van der Waals surface area contributed by atoms with E-state index in [0.29, 0.717) is 38.0 Å². The number of benzene rings is 1. The van der Waals surface area contributed by atoms with E-state index < -0.39 is 47.9 Å². The van der Waals surface area contributed by atoms with Crippen molar-refractivity contribution in [2.45, 2.75) is 63.7 Å². The SMILES string of the molecule is CSCCC(NC(=O)C(N)Cc1ccccc1)C(=O)NC(C(=O)N1CCCC1C(=O)O)C(C)C. The van der Waals surface area contributed by atoms with E-state index >= 15 is 0 Å². The lowest BCUT2D eigenvalue weighted by Gasteiger charge is -2.30. The molecule has 0 bridgehead atoms. The minimum Gasteiger partial charge on any atom is -0.480 e. The fraction of sp³-hybridized carbons (Fsp3) is 0.583. The van der Waals surface area contributed by atoms with E-state index in [1.165, 1.54) is 16.7 Å². The molecule has 1 aliphatic heterocycles. The second-order valence-corrected chi connectivity index (χ2v) is 9.88. The Labute approximate surface area is 205 Å². The van der Waals surface area contributed by atoms with Crippen molar-refractivity contribution in [2.75, 3.05) is 18.6 Å². The smallest absolute Gasteiger partial charge is 0.326 e. The van der Waals surface area contributed by atoms with E-state index in [2.05, 4.69) is 10.6 Å². The molecule has 0 spiro atoms. The number of carboxylic acids is 1. The van der Waals surface area contributed by atoms with E-state index in [9.17, 15) is 24.3 Å². The van der Waals surface area contributed by atoms with Crippen LogP contribution in [0.3, 0.4) is 0 Å². The zero-order chi connectivity index (χ0) is 25.3. The Morgan fingerprint density at radius 1 is 1.15 bits per heavy atom. The maximum absolute atomic E-state index is 13.2. The molecule has 4 unspecified atom stereocenters. The van der Waals surface area contributed by atoms with E-state index in [0.717, 1.165) is 5.56 Å². The molecule has 0 aromatic heterocycles. The minimum absolute atomic E-state index is 0.260. The molecule has 9 nitrogen and oxygen atoms in total. The van der Waals surface area contributed by atoms with Crippen LogP contribution >= 0.6 is 11.8 Å². The summed E-state index contributed by atoms with van der Waals surface area (Å²) in [6.07, 6.45) is 3.61. The predicted octanol–water partition coefficient (Wildman–Crippen LogP) is 1.01. The van der Waals surface area contributed by atoms with E-state index in [4.69, 9.17) is 5.73 Å². The van der Waals surface area contributed by atoms with Crippen molar-refractivity contribution in [2.24, 2.45) is 11.7 Å². The Morgan fingerprint density at radius 3 is 2.41 bits per heavy atom. The highest BCUT2D eigenvalue weighted by Gasteiger charge is 2.39. The largest absolute Gasteiger partial charge is 0.480 e. The normalized spacial score (nSPS) is 18.3. The van der Waals surface area contributed by atoms with Gasteiger partial charge in [-0.3, -0.25) is 14.4 Å². The number of amides is 3. The van der Waals surface area contributed by atoms with Crippen LogP contribution in [0.25, 0.3) is 0 Å². The first-order valence-corrected chi connectivity index (χ1v) is 13.0. The van der Waals surface area contributed by atoms with Gasteiger partial charge in [-0.25, -0.2) is 4.79 Å². The molecule has 5 N–H and O–H groups in total. The number of rotatable bonds is 12. The monoisotopic (exact) mass is 492 g/mol. The van der Waals surface area contributed by atoms with Crippen LogP contribution in [-0.2, 0) is 25.6 Å². The second kappa shape index (κ2) is 13.3. The van der Waals surface area contributed by atoms with Crippen LogP contribution in [0, 0.1) is 5.92 Å². The van der Waals surface area contributed by atoms with Crippen molar-refractivity contribution in [3.63, 3.8) is 0 Å². The van der Waals surface area contributed by atoms with Gasteiger partial charge in [0.1, 0.15) is 18.1 Å². The third-order valence-electron chi connectivity index (χ3n) is 5.93. The molecule has 0 radical (unpaired) electrons. The Balaban J connectivity index is 2.08. The van der Waals surface area contributed by atoms with Crippen molar-refractivity contribution in [1.82, 2.24) is 15.5 Å². The molecule has 1 heterocycles. The molecule has 1 fully saturated rings. The van der Waals surface area contributed by atoms with Crippen molar-refractivity contribution in [3.05, 3.63) is 35.9 Å². The zero-order valence-corrected chi connectivity index (χ0v) is 20.8. The average molecular weight is 493 g/mol. The van der Waals surface area contributed by atoms with Crippen molar-refractivity contribution in [1.29, 1.82) is 0 Å². The minimum atomic E-state index is -1.04. The molecular weight excluding hydrogens is 456 g/mol. The first-order valence-electron chi connectivity index (χ1n) is 11.6. The first kappa shape index (κ1) is 27.7. The van der Waals surface area contributed by atoms with E-state index in [1.54, 1.807) is 13.8 Å². The van der Waals surface area contributed by atoms with Crippen LogP contribution in [0.2, 0.25) is 0 Å². The Hall–Kier alpha value is -2.59. The van der Waals surface area contributed by atoms with Crippen LogP contribution in [0.5, 0.6) is 0 Å². The van der Waals surface area contributed by atoms with Crippen LogP contribution in [0.15, 0.2) is 30.3 Å². The Kier molecular flexibility index (Phi) is 10.8. The number of nitrogens with one attached hydrogen (secondary N) is 2. The van der Waals surface area contributed by atoms with Gasteiger partial charge in [-0.2, -0.15) is 11.8 Å². The molecule has 0 aliphatic carbocycles. The molecule has 1 aromatic rings. The fourth-order valence-corrected chi connectivity index (χ4v) is 4.45. The van der Waals surface area contributed by atoms with Crippen molar-refractivity contribution in [3.8, 4) is 0 Å². The number of hydrogen-bond acceptors (Lipinski definition) is 6. The Bertz CT molecular complexity index is 851. The van der Waals surface area contributed by atoms with Crippen LogP contribution in [0.1, 0.15) is 38.7 Å². The lowest BCUT2D eigenvalue weighted by Crippen LogP contribution is -2.58. The summed E-state index contributed by atoms with van der Waals surface area (Å²) in [6, 6.07) is 5.93. The predicted molar refractivity (Wildman–Crippen MR) is 132 cm³/mol. The van der Waals surface area contributed by atoms with E-state index in [-0.39, 0.29) is 5.92 Å². The summed E-state index contributed by atoms with van der Waals surface area (Å²) in [5.41, 5.74) is 7.00. The van der Waals surface area contributed by atoms with Gasteiger partial charge in [-0.15, -0.1) is 0 Å². The van der Waals surface area contributed by atoms with Gasteiger partial charge in [0.15, 0.2) is 0 Å². The molecule has 34 heavy (non-hydrogen) atoms. The molecule has 1 saturated heterocycles. The summed E-state index contributed by atoms with van der Waals surface area (Å²) < 4.78 is 0. The molecule has 4 atom stereocenters. The summed E-state index contributed by atoms with van der Waals surface area (Å²) in [5, 5.41) is 14.9. The lowest BCUT2D eigenvalue weighted by atomic mass is 10.0. The number of carbonyl (C=O) groups excluding carboxylic acids is 3. The van der Waals surface area contributed by atoms with Crippen LogP contribution in [0.4, 0.5) is 0 Å². The summed E-state index contributed by atoms with van der Waals surface area (Å²) in [5.74, 6) is -2.01. The first-order chi connectivity index (χ1) is 16.1. The standard InChI is InChI=1S/C24H36N4O5S/c1-15(2)20(23(31)28-12-7-10-19(28)24(32)33)27-22(30)18(11-13-34-3)26-21(29)17(25)14-16-8-5-4-6-9-16/h4-6,8-9,15,17-20H,7,10-14,25H2,1-3H3,(H,26,29)(H,27,30)(H,32,33). The molecule has 0 saturated carbocycles. The third kappa shape index (κ3) is 7.73. The topological polar surface area (TPSA) is 142 Å². The number of carbonyl (C=O) groups is 4. The van der Waals surface area contributed by atoms with Gasteiger partial charge >= 0.3 is 5.97 Å². The summed E-state index contributed by atoms with van der Waals surface area (Å²) >= 11 is 1.54. The second-order valence-electron chi connectivity index (χ2n) is 8.90. The molecule has 3 amide bonds. The summed E-state index contributed by atoms with van der Waals surface area (Å²) in [7, 11) is 0. The number of nitrogens with zero attached hydrogens (tertiary/aromatic N) is 1. The van der Waals surface area contributed by atoms with Gasteiger partial charge in [-0.1, -0.05) is 44.2 Å². The van der Waals surface area contributed by atoms with Gasteiger partial charge < -0.3 is 26.4 Å². The number of hydrogen-bond donors (Lipinski definition) is 4. The average Bonchev–Trinajstić information content (AvgIpc) is 3.30. The number of aliphatic carboxylic acids is 1. The van der Waals surface area contributed by atoms with Gasteiger partial charge in [0, 0.05) is 6.54 Å². The highest BCUT2D eigenvalue weighted by atomic mass is 32.2. The van der Waals surface area contributed by atoms with Crippen LogP contribution < -0.4 is 16.4 Å². The highest BCUT2D eigenvalue weighted by Crippen LogP contribution is 2.20. The van der Waals surface area contributed by atoms with Crippen molar-refractivity contribution >= 4 is 35.5 Å². The fourth-order valence-electron chi connectivity index (χ4n) is 3.98. The number of nitrogens with two attached hydrogens (primary N) is 1. The van der Waals surface area contributed by atoms with Crippen LogP contribution in [-0.4, -0.2) is 76.4 Å². The summed E-state index contributed by atoms with van der Waals surface area (Å²) in [4.78, 5) is 51.9. The maximum Gasteiger partial charge on any atom is 0.326 e. The van der Waals surface area contributed by atoms with Crippen molar-refractivity contribution < 1.29 is 24.3 Å². The van der Waals surface area contributed by atoms with Gasteiger partial charge in [0.05, 0.1) is 6.04 Å². The zero-order valence-electron chi connectivity index (χ0n) is 20.0. The lowest BCUT2D eigenvalue weighted by molar-refractivity contribution is -0.150.